The first kappa shape index (κ1) is 12.9. The van der Waals surface area contributed by atoms with E-state index in [1.165, 1.54) is 0 Å². The van der Waals surface area contributed by atoms with Gasteiger partial charge in [0.1, 0.15) is 6.10 Å². The van der Waals surface area contributed by atoms with Crippen LogP contribution in [0.5, 0.6) is 0 Å². The summed E-state index contributed by atoms with van der Waals surface area (Å²) in [6.07, 6.45) is 0.0493. The minimum absolute atomic E-state index is 0.0727. The van der Waals surface area contributed by atoms with Gasteiger partial charge >= 0.3 is 5.97 Å². The maximum atomic E-state index is 11.2. The lowest BCUT2D eigenvalue weighted by Gasteiger charge is -2.11. The molecule has 0 spiro atoms. The highest BCUT2D eigenvalue weighted by Crippen LogP contribution is 1.91. The number of ether oxygens (including phenoxy) is 1. The maximum absolute atomic E-state index is 11.2. The minimum Gasteiger partial charge on any atom is -0.481 e. The van der Waals surface area contributed by atoms with Crippen LogP contribution in [0.25, 0.3) is 0 Å². The second kappa shape index (κ2) is 7.32. The van der Waals surface area contributed by atoms with Crippen LogP contribution in [0.4, 0.5) is 0 Å². The van der Waals surface area contributed by atoms with Crippen LogP contribution in [0.15, 0.2) is 0 Å². The van der Waals surface area contributed by atoms with E-state index in [0.29, 0.717) is 19.6 Å². The Kier molecular flexibility index (Phi) is 6.74. The second-order valence-corrected chi connectivity index (χ2v) is 2.89. The molecule has 0 saturated heterocycles. The molecule has 0 rings (SSSR count). The van der Waals surface area contributed by atoms with E-state index in [9.17, 15) is 9.59 Å². The molecule has 0 aromatic carbocycles. The molecule has 0 aromatic heterocycles. The van der Waals surface area contributed by atoms with Gasteiger partial charge in [0.15, 0.2) is 0 Å². The van der Waals surface area contributed by atoms with E-state index < -0.39 is 12.1 Å². The molecule has 0 aliphatic carbocycles. The molecule has 0 aliphatic rings. The summed E-state index contributed by atoms with van der Waals surface area (Å²) in [6, 6.07) is 0. The second-order valence-electron chi connectivity index (χ2n) is 2.89. The molecular weight excluding hydrogens is 186 g/mol. The number of nitrogens with one attached hydrogen (secondary N) is 1. The Morgan fingerprint density at radius 3 is 2.64 bits per heavy atom. The van der Waals surface area contributed by atoms with Crippen LogP contribution in [0.2, 0.25) is 0 Å². The van der Waals surface area contributed by atoms with Gasteiger partial charge in [0.05, 0.1) is 0 Å². The van der Waals surface area contributed by atoms with E-state index in [1.807, 2.05) is 6.92 Å². The predicted molar refractivity (Wildman–Crippen MR) is 51.0 cm³/mol. The highest BCUT2D eigenvalue weighted by molar-refractivity contribution is 5.80. The number of hydrogen-bond acceptors (Lipinski definition) is 3. The molecule has 2 N–H and O–H groups in total. The van der Waals surface area contributed by atoms with Gasteiger partial charge < -0.3 is 15.2 Å². The smallest absolute Gasteiger partial charge is 0.303 e. The number of amides is 1. The third kappa shape index (κ3) is 6.42. The minimum atomic E-state index is -0.850. The Morgan fingerprint density at radius 1 is 1.50 bits per heavy atom. The molecule has 5 nitrogen and oxygen atoms in total. The third-order valence-corrected chi connectivity index (χ3v) is 1.65. The van der Waals surface area contributed by atoms with Crippen molar-refractivity contribution >= 4 is 11.9 Å². The van der Waals surface area contributed by atoms with Gasteiger partial charge in [-0.3, -0.25) is 9.59 Å². The van der Waals surface area contributed by atoms with E-state index in [0.717, 1.165) is 0 Å². The van der Waals surface area contributed by atoms with Gasteiger partial charge in [-0.2, -0.15) is 0 Å². The van der Waals surface area contributed by atoms with Crippen LogP contribution in [0.3, 0.4) is 0 Å². The summed E-state index contributed by atoms with van der Waals surface area (Å²) in [5, 5.41) is 10.9. The molecule has 5 heteroatoms. The number of rotatable bonds is 7. The fraction of sp³-hybridized carbons (Fsp3) is 0.778. The first-order valence-corrected chi connectivity index (χ1v) is 4.69. The Morgan fingerprint density at radius 2 is 2.14 bits per heavy atom. The SMILES string of the molecule is CCOC(C)C(=O)NCCCC(=O)O. The van der Waals surface area contributed by atoms with Gasteiger partial charge in [-0.25, -0.2) is 0 Å². The van der Waals surface area contributed by atoms with Crippen molar-refractivity contribution in [1.29, 1.82) is 0 Å². The molecule has 0 bridgehead atoms. The van der Waals surface area contributed by atoms with Gasteiger partial charge in [0.2, 0.25) is 5.91 Å². The molecule has 0 heterocycles. The summed E-state index contributed by atoms with van der Waals surface area (Å²) in [5.74, 6) is -1.05. The Labute approximate surface area is 83.4 Å². The van der Waals surface area contributed by atoms with Crippen LogP contribution in [0, 0.1) is 0 Å². The summed E-state index contributed by atoms with van der Waals surface area (Å²) in [7, 11) is 0. The Balaban J connectivity index is 3.48. The molecule has 1 amide bonds. The molecule has 82 valence electrons. The highest BCUT2D eigenvalue weighted by atomic mass is 16.5. The lowest BCUT2D eigenvalue weighted by Crippen LogP contribution is -2.35. The molecule has 14 heavy (non-hydrogen) atoms. The fourth-order valence-electron chi connectivity index (χ4n) is 0.921. The third-order valence-electron chi connectivity index (χ3n) is 1.65. The van der Waals surface area contributed by atoms with Crippen molar-refractivity contribution in [3.63, 3.8) is 0 Å². The van der Waals surface area contributed by atoms with Crippen LogP contribution >= 0.6 is 0 Å². The Hall–Kier alpha value is -1.10. The molecule has 0 aliphatic heterocycles. The first-order valence-electron chi connectivity index (χ1n) is 4.69. The average molecular weight is 203 g/mol. The number of carboxylic acid groups (broad SMARTS) is 1. The zero-order chi connectivity index (χ0) is 11.0. The van der Waals surface area contributed by atoms with Crippen LogP contribution in [0.1, 0.15) is 26.7 Å². The monoisotopic (exact) mass is 203 g/mol. The molecule has 1 atom stereocenters. The fourth-order valence-corrected chi connectivity index (χ4v) is 0.921. The van der Waals surface area contributed by atoms with Gasteiger partial charge in [0, 0.05) is 19.6 Å². The van der Waals surface area contributed by atoms with Gasteiger partial charge in [-0.05, 0) is 20.3 Å². The zero-order valence-electron chi connectivity index (χ0n) is 8.58. The lowest BCUT2D eigenvalue weighted by atomic mass is 10.3. The van der Waals surface area contributed by atoms with E-state index in [2.05, 4.69) is 5.32 Å². The number of carbonyl (C=O) groups excluding carboxylic acids is 1. The predicted octanol–water partition coefficient (Wildman–Crippen LogP) is 0.392. The lowest BCUT2D eigenvalue weighted by molar-refractivity contribution is -0.137. The van der Waals surface area contributed by atoms with Crippen molar-refractivity contribution in [1.82, 2.24) is 5.32 Å². The number of hydrogen-bond donors (Lipinski definition) is 2. The summed E-state index contributed by atoms with van der Waals surface area (Å²) in [5.41, 5.74) is 0. The van der Waals surface area contributed by atoms with Crippen molar-refractivity contribution in [2.24, 2.45) is 0 Å². The first-order chi connectivity index (χ1) is 6.57. The number of carboxylic acids is 1. The van der Waals surface area contributed by atoms with E-state index in [1.54, 1.807) is 6.92 Å². The van der Waals surface area contributed by atoms with Crippen LogP contribution in [-0.4, -0.2) is 36.2 Å². The van der Waals surface area contributed by atoms with Crippen LogP contribution < -0.4 is 5.32 Å². The Bertz CT molecular complexity index is 193. The number of aliphatic carboxylic acids is 1. The van der Waals surface area contributed by atoms with Crippen molar-refractivity contribution in [2.45, 2.75) is 32.8 Å². The summed E-state index contributed by atoms with van der Waals surface area (Å²) in [6.45, 7) is 4.34. The largest absolute Gasteiger partial charge is 0.481 e. The zero-order valence-corrected chi connectivity index (χ0v) is 8.58. The van der Waals surface area contributed by atoms with Crippen molar-refractivity contribution in [2.75, 3.05) is 13.2 Å². The van der Waals surface area contributed by atoms with Gasteiger partial charge in [-0.15, -0.1) is 0 Å². The van der Waals surface area contributed by atoms with E-state index in [4.69, 9.17) is 9.84 Å². The van der Waals surface area contributed by atoms with Gasteiger partial charge in [-0.1, -0.05) is 0 Å². The van der Waals surface area contributed by atoms with Crippen LogP contribution in [-0.2, 0) is 14.3 Å². The summed E-state index contributed by atoms with van der Waals surface area (Å²) in [4.78, 5) is 21.3. The van der Waals surface area contributed by atoms with Crippen molar-refractivity contribution in [3.8, 4) is 0 Å². The maximum Gasteiger partial charge on any atom is 0.303 e. The molecule has 0 radical (unpaired) electrons. The van der Waals surface area contributed by atoms with Crippen molar-refractivity contribution < 1.29 is 19.4 Å². The topological polar surface area (TPSA) is 75.6 Å². The van der Waals surface area contributed by atoms with Gasteiger partial charge in [0.25, 0.3) is 0 Å². The van der Waals surface area contributed by atoms with E-state index in [-0.39, 0.29) is 12.3 Å². The summed E-state index contributed by atoms with van der Waals surface area (Å²) < 4.78 is 5.05. The summed E-state index contributed by atoms with van der Waals surface area (Å²) >= 11 is 0. The van der Waals surface area contributed by atoms with Crippen molar-refractivity contribution in [3.05, 3.63) is 0 Å². The molecule has 0 aromatic rings. The molecule has 0 saturated carbocycles. The quantitative estimate of drug-likeness (QED) is 0.587. The molecule has 0 fully saturated rings. The highest BCUT2D eigenvalue weighted by Gasteiger charge is 2.11. The normalized spacial score (nSPS) is 12.1. The number of carbonyl (C=O) groups is 2. The average Bonchev–Trinajstić information content (AvgIpc) is 2.12. The standard InChI is InChI=1S/C9H17NO4/c1-3-14-7(2)9(13)10-6-4-5-8(11)12/h7H,3-6H2,1-2H3,(H,10,13)(H,11,12). The van der Waals surface area contributed by atoms with E-state index >= 15 is 0 Å². The molecule has 1 unspecified atom stereocenters. The molecular formula is C9H17NO4.